The van der Waals surface area contributed by atoms with Crippen LogP contribution in [0.4, 0.5) is 0 Å². The van der Waals surface area contributed by atoms with Gasteiger partial charge in [0.15, 0.2) is 0 Å². The standard InChI is InChI=1S/C13H20O2/c1-11(8-9-15-2)13(10-14)12-6-4-3-5-7-12/h3-7,11,13-14H,8-10H2,1-2H3. The monoisotopic (exact) mass is 208 g/mol. The molecular formula is C13H20O2. The van der Waals surface area contributed by atoms with E-state index in [1.807, 2.05) is 18.2 Å². The lowest BCUT2D eigenvalue weighted by atomic mass is 9.86. The first-order valence-corrected chi connectivity index (χ1v) is 5.44. The fourth-order valence-corrected chi connectivity index (χ4v) is 1.82. The van der Waals surface area contributed by atoms with E-state index in [2.05, 4.69) is 19.1 Å². The molecule has 2 heteroatoms. The summed E-state index contributed by atoms with van der Waals surface area (Å²) in [5.74, 6) is 0.665. The summed E-state index contributed by atoms with van der Waals surface area (Å²) in [6.45, 7) is 3.12. The van der Waals surface area contributed by atoms with Crippen LogP contribution in [0.2, 0.25) is 0 Å². The molecule has 0 aliphatic heterocycles. The Morgan fingerprint density at radius 2 is 1.93 bits per heavy atom. The van der Waals surface area contributed by atoms with Gasteiger partial charge in [0.1, 0.15) is 0 Å². The average molecular weight is 208 g/mol. The van der Waals surface area contributed by atoms with E-state index >= 15 is 0 Å². The third-order valence-electron chi connectivity index (χ3n) is 2.89. The van der Waals surface area contributed by atoms with Crippen LogP contribution in [0.3, 0.4) is 0 Å². The SMILES string of the molecule is COCCC(C)C(CO)c1ccccc1. The highest BCUT2D eigenvalue weighted by Gasteiger charge is 2.17. The molecular weight excluding hydrogens is 188 g/mol. The number of aliphatic hydroxyl groups is 1. The van der Waals surface area contributed by atoms with Crippen LogP contribution < -0.4 is 0 Å². The number of benzene rings is 1. The average Bonchev–Trinajstić information content (AvgIpc) is 2.29. The molecule has 0 spiro atoms. The van der Waals surface area contributed by atoms with Gasteiger partial charge in [-0.05, 0) is 17.9 Å². The smallest absolute Gasteiger partial charge is 0.0502 e. The first kappa shape index (κ1) is 12.2. The zero-order chi connectivity index (χ0) is 11.1. The summed E-state index contributed by atoms with van der Waals surface area (Å²) in [7, 11) is 1.71. The van der Waals surface area contributed by atoms with Crippen molar-refractivity contribution in [1.29, 1.82) is 0 Å². The molecule has 0 aliphatic rings. The van der Waals surface area contributed by atoms with Crippen molar-refractivity contribution in [3.05, 3.63) is 35.9 Å². The molecule has 2 atom stereocenters. The largest absolute Gasteiger partial charge is 0.396 e. The van der Waals surface area contributed by atoms with E-state index in [0.717, 1.165) is 13.0 Å². The van der Waals surface area contributed by atoms with Gasteiger partial charge in [-0.2, -0.15) is 0 Å². The van der Waals surface area contributed by atoms with Crippen molar-refractivity contribution < 1.29 is 9.84 Å². The first-order valence-electron chi connectivity index (χ1n) is 5.44. The van der Waals surface area contributed by atoms with Crippen LogP contribution in [0.15, 0.2) is 30.3 Å². The van der Waals surface area contributed by atoms with Gasteiger partial charge in [-0.3, -0.25) is 0 Å². The minimum Gasteiger partial charge on any atom is -0.396 e. The molecule has 1 aromatic rings. The Hall–Kier alpha value is -0.860. The number of methoxy groups -OCH3 is 1. The van der Waals surface area contributed by atoms with Crippen LogP contribution in [-0.4, -0.2) is 25.4 Å². The molecule has 1 N–H and O–H groups in total. The van der Waals surface area contributed by atoms with E-state index in [9.17, 15) is 5.11 Å². The predicted octanol–water partition coefficient (Wildman–Crippen LogP) is 2.44. The topological polar surface area (TPSA) is 29.5 Å². The van der Waals surface area contributed by atoms with E-state index in [-0.39, 0.29) is 12.5 Å². The maximum atomic E-state index is 9.41. The van der Waals surface area contributed by atoms with Crippen molar-refractivity contribution in [2.24, 2.45) is 5.92 Å². The predicted molar refractivity (Wildman–Crippen MR) is 61.9 cm³/mol. The highest BCUT2D eigenvalue weighted by atomic mass is 16.5. The summed E-state index contributed by atoms with van der Waals surface area (Å²) in [6.07, 6.45) is 0.983. The summed E-state index contributed by atoms with van der Waals surface area (Å²) in [4.78, 5) is 0. The van der Waals surface area contributed by atoms with E-state index in [1.54, 1.807) is 7.11 Å². The van der Waals surface area contributed by atoms with Gasteiger partial charge in [0.05, 0.1) is 6.61 Å². The van der Waals surface area contributed by atoms with Crippen molar-refractivity contribution >= 4 is 0 Å². The van der Waals surface area contributed by atoms with Gasteiger partial charge in [0, 0.05) is 19.6 Å². The molecule has 0 heterocycles. The molecule has 0 saturated carbocycles. The highest BCUT2D eigenvalue weighted by molar-refractivity contribution is 5.20. The lowest BCUT2D eigenvalue weighted by Gasteiger charge is -2.22. The quantitative estimate of drug-likeness (QED) is 0.778. The maximum absolute atomic E-state index is 9.41. The molecule has 2 unspecified atom stereocenters. The maximum Gasteiger partial charge on any atom is 0.0502 e. The van der Waals surface area contributed by atoms with Crippen LogP contribution >= 0.6 is 0 Å². The van der Waals surface area contributed by atoms with E-state index in [0.29, 0.717) is 5.92 Å². The van der Waals surface area contributed by atoms with E-state index in [4.69, 9.17) is 4.74 Å². The molecule has 0 bridgehead atoms. The molecule has 0 saturated heterocycles. The van der Waals surface area contributed by atoms with Crippen LogP contribution in [-0.2, 0) is 4.74 Å². The summed E-state index contributed by atoms with van der Waals surface area (Å²) >= 11 is 0. The lowest BCUT2D eigenvalue weighted by Crippen LogP contribution is -2.15. The third-order valence-corrected chi connectivity index (χ3v) is 2.89. The molecule has 0 aromatic heterocycles. The fourth-order valence-electron chi connectivity index (χ4n) is 1.82. The third kappa shape index (κ3) is 3.65. The van der Waals surface area contributed by atoms with E-state index in [1.165, 1.54) is 5.56 Å². The van der Waals surface area contributed by atoms with Gasteiger partial charge in [-0.25, -0.2) is 0 Å². The summed E-state index contributed by atoms with van der Waals surface area (Å²) in [5, 5.41) is 9.41. The molecule has 0 radical (unpaired) electrons. The number of ether oxygens (including phenoxy) is 1. The Morgan fingerprint density at radius 1 is 1.27 bits per heavy atom. The molecule has 0 fully saturated rings. The van der Waals surface area contributed by atoms with Gasteiger partial charge in [0.2, 0.25) is 0 Å². The van der Waals surface area contributed by atoms with Crippen LogP contribution in [0.5, 0.6) is 0 Å². The second kappa shape index (κ2) is 6.59. The molecule has 0 amide bonds. The molecule has 84 valence electrons. The molecule has 2 nitrogen and oxygen atoms in total. The lowest BCUT2D eigenvalue weighted by molar-refractivity contribution is 0.159. The Labute approximate surface area is 91.9 Å². The highest BCUT2D eigenvalue weighted by Crippen LogP contribution is 2.26. The second-order valence-electron chi connectivity index (χ2n) is 3.96. The molecule has 1 aromatic carbocycles. The Bertz CT molecular complexity index is 258. The zero-order valence-electron chi connectivity index (χ0n) is 9.52. The number of aliphatic hydroxyl groups excluding tert-OH is 1. The summed E-state index contributed by atoms with van der Waals surface area (Å²) in [5.41, 5.74) is 1.21. The van der Waals surface area contributed by atoms with Gasteiger partial charge in [-0.15, -0.1) is 0 Å². The van der Waals surface area contributed by atoms with Crippen LogP contribution in [0, 0.1) is 5.92 Å². The summed E-state index contributed by atoms with van der Waals surface area (Å²) < 4.78 is 5.06. The first-order chi connectivity index (χ1) is 7.29. The van der Waals surface area contributed by atoms with Gasteiger partial charge in [-0.1, -0.05) is 37.3 Å². The summed E-state index contributed by atoms with van der Waals surface area (Å²) in [6, 6.07) is 10.2. The Balaban J connectivity index is 2.63. The molecule has 1 rings (SSSR count). The minimum absolute atomic E-state index is 0.203. The number of hydrogen-bond acceptors (Lipinski definition) is 2. The van der Waals surface area contributed by atoms with Crippen LogP contribution in [0.1, 0.15) is 24.8 Å². The number of hydrogen-bond donors (Lipinski definition) is 1. The molecule has 0 aliphatic carbocycles. The zero-order valence-corrected chi connectivity index (χ0v) is 9.52. The van der Waals surface area contributed by atoms with E-state index < -0.39 is 0 Å². The van der Waals surface area contributed by atoms with Gasteiger partial charge < -0.3 is 9.84 Å². The minimum atomic E-state index is 0.203. The normalized spacial score (nSPS) is 14.9. The van der Waals surface area contributed by atoms with Crippen molar-refractivity contribution in [3.8, 4) is 0 Å². The number of rotatable bonds is 6. The van der Waals surface area contributed by atoms with Crippen molar-refractivity contribution in [2.45, 2.75) is 19.3 Å². The Kier molecular flexibility index (Phi) is 5.37. The molecule has 15 heavy (non-hydrogen) atoms. The van der Waals surface area contributed by atoms with Gasteiger partial charge >= 0.3 is 0 Å². The Morgan fingerprint density at radius 3 is 2.47 bits per heavy atom. The van der Waals surface area contributed by atoms with Gasteiger partial charge in [0.25, 0.3) is 0 Å². The fraction of sp³-hybridized carbons (Fsp3) is 0.538. The second-order valence-corrected chi connectivity index (χ2v) is 3.96. The van der Waals surface area contributed by atoms with Crippen molar-refractivity contribution in [3.63, 3.8) is 0 Å². The van der Waals surface area contributed by atoms with Crippen LogP contribution in [0.25, 0.3) is 0 Å². The van der Waals surface area contributed by atoms with Crippen molar-refractivity contribution in [1.82, 2.24) is 0 Å². The van der Waals surface area contributed by atoms with Crippen molar-refractivity contribution in [2.75, 3.05) is 20.3 Å².